The molecule has 0 atom stereocenters. The van der Waals surface area contributed by atoms with Crippen LogP contribution in [0.4, 0.5) is 5.69 Å². The lowest BCUT2D eigenvalue weighted by Gasteiger charge is -2.10. The number of methoxy groups -OCH3 is 2. The van der Waals surface area contributed by atoms with Gasteiger partial charge in [-0.3, -0.25) is 9.52 Å². The van der Waals surface area contributed by atoms with Crippen LogP contribution in [0.3, 0.4) is 0 Å². The molecule has 2 aromatic carbocycles. The van der Waals surface area contributed by atoms with Crippen molar-refractivity contribution in [3.8, 4) is 11.5 Å². The number of ether oxygens (including phenoxy) is 2. The van der Waals surface area contributed by atoms with Gasteiger partial charge in [-0.15, -0.1) is 0 Å². The van der Waals surface area contributed by atoms with Crippen LogP contribution in [0.5, 0.6) is 11.5 Å². The predicted molar refractivity (Wildman–Crippen MR) is 95.6 cm³/mol. The molecule has 0 heterocycles. The van der Waals surface area contributed by atoms with Gasteiger partial charge in [0.25, 0.3) is 5.91 Å². The maximum Gasteiger partial charge on any atom is 0.251 e. The van der Waals surface area contributed by atoms with Gasteiger partial charge in [0.15, 0.2) is 0 Å². The number of carbonyl (C=O) groups excluding carboxylic acids is 1. The Bertz CT molecular complexity index is 843. The standard InChI is InChI=1S/C17H20N2O5S/c1-23-15-8-13(9-16(10-15)24-2)17(20)18-11-12-5-4-6-14(7-12)19-25(3,21)22/h4-10,19H,11H2,1-3H3,(H,18,20). The molecule has 8 heteroatoms. The Balaban J connectivity index is 2.08. The van der Waals surface area contributed by atoms with E-state index in [-0.39, 0.29) is 12.5 Å². The van der Waals surface area contributed by atoms with E-state index in [1.165, 1.54) is 14.2 Å². The molecule has 2 aromatic rings. The molecule has 134 valence electrons. The Morgan fingerprint density at radius 2 is 1.68 bits per heavy atom. The van der Waals surface area contributed by atoms with Crippen LogP contribution in [0, 0.1) is 0 Å². The highest BCUT2D eigenvalue weighted by molar-refractivity contribution is 7.92. The molecule has 1 amide bonds. The van der Waals surface area contributed by atoms with E-state index in [0.29, 0.717) is 22.7 Å². The van der Waals surface area contributed by atoms with E-state index in [9.17, 15) is 13.2 Å². The first-order valence-electron chi connectivity index (χ1n) is 7.39. The van der Waals surface area contributed by atoms with Gasteiger partial charge in [0.1, 0.15) is 11.5 Å². The van der Waals surface area contributed by atoms with Crippen LogP contribution < -0.4 is 19.5 Å². The topological polar surface area (TPSA) is 93.7 Å². The monoisotopic (exact) mass is 364 g/mol. The van der Waals surface area contributed by atoms with Crippen molar-refractivity contribution in [2.75, 3.05) is 25.2 Å². The second-order valence-electron chi connectivity index (χ2n) is 5.36. The average Bonchev–Trinajstić information content (AvgIpc) is 2.58. The third kappa shape index (κ3) is 5.68. The van der Waals surface area contributed by atoms with Gasteiger partial charge in [-0.1, -0.05) is 12.1 Å². The molecule has 0 aromatic heterocycles. The van der Waals surface area contributed by atoms with E-state index in [0.717, 1.165) is 11.8 Å². The maximum atomic E-state index is 12.3. The van der Waals surface area contributed by atoms with E-state index in [4.69, 9.17) is 9.47 Å². The predicted octanol–water partition coefficient (Wildman–Crippen LogP) is 2.01. The minimum atomic E-state index is -3.35. The van der Waals surface area contributed by atoms with E-state index in [2.05, 4.69) is 10.0 Å². The Labute approximate surface area is 147 Å². The number of anilines is 1. The summed E-state index contributed by atoms with van der Waals surface area (Å²) in [5.74, 6) is 0.742. The molecular formula is C17H20N2O5S. The molecule has 2 rings (SSSR count). The zero-order valence-corrected chi connectivity index (χ0v) is 15.0. The molecule has 0 aliphatic heterocycles. The summed E-state index contributed by atoms with van der Waals surface area (Å²) in [5.41, 5.74) is 1.61. The van der Waals surface area contributed by atoms with Crippen molar-refractivity contribution in [1.29, 1.82) is 0 Å². The molecular weight excluding hydrogens is 344 g/mol. The van der Waals surface area contributed by atoms with Gasteiger partial charge in [-0.25, -0.2) is 8.42 Å². The lowest BCUT2D eigenvalue weighted by atomic mass is 10.1. The molecule has 0 aliphatic rings. The van der Waals surface area contributed by atoms with E-state index >= 15 is 0 Å². The number of amides is 1. The summed E-state index contributed by atoms with van der Waals surface area (Å²) >= 11 is 0. The number of rotatable bonds is 7. The Kier molecular flexibility index (Phi) is 5.87. The van der Waals surface area contributed by atoms with Crippen molar-refractivity contribution < 1.29 is 22.7 Å². The van der Waals surface area contributed by atoms with Crippen LogP contribution in [-0.4, -0.2) is 34.8 Å². The molecule has 7 nitrogen and oxygen atoms in total. The summed E-state index contributed by atoms with van der Waals surface area (Å²) < 4.78 is 35.3. The SMILES string of the molecule is COc1cc(OC)cc(C(=O)NCc2cccc(NS(C)(=O)=O)c2)c1. The zero-order chi connectivity index (χ0) is 18.4. The fraction of sp³-hybridized carbons (Fsp3) is 0.235. The molecule has 0 spiro atoms. The van der Waals surface area contributed by atoms with Crippen LogP contribution in [0.1, 0.15) is 15.9 Å². The first-order valence-corrected chi connectivity index (χ1v) is 9.28. The lowest BCUT2D eigenvalue weighted by molar-refractivity contribution is 0.0950. The first-order chi connectivity index (χ1) is 11.8. The molecule has 25 heavy (non-hydrogen) atoms. The smallest absolute Gasteiger partial charge is 0.251 e. The fourth-order valence-corrected chi connectivity index (χ4v) is 2.74. The summed E-state index contributed by atoms with van der Waals surface area (Å²) in [6.45, 7) is 0.248. The molecule has 0 aliphatic carbocycles. The van der Waals surface area contributed by atoms with E-state index in [1.807, 2.05) is 0 Å². The number of sulfonamides is 1. The fourth-order valence-electron chi connectivity index (χ4n) is 2.18. The lowest BCUT2D eigenvalue weighted by Crippen LogP contribution is -2.23. The van der Waals surface area contributed by atoms with Crippen molar-refractivity contribution in [3.05, 3.63) is 53.6 Å². The molecule has 0 radical (unpaired) electrons. The highest BCUT2D eigenvalue weighted by Crippen LogP contribution is 2.22. The van der Waals surface area contributed by atoms with Gasteiger partial charge in [-0.2, -0.15) is 0 Å². The third-order valence-corrected chi connectivity index (χ3v) is 3.90. The summed E-state index contributed by atoms with van der Waals surface area (Å²) in [6, 6.07) is 11.7. The Morgan fingerprint density at radius 1 is 1.04 bits per heavy atom. The number of benzene rings is 2. The van der Waals surface area contributed by atoms with E-state index in [1.54, 1.807) is 42.5 Å². The van der Waals surface area contributed by atoms with Crippen molar-refractivity contribution >= 4 is 21.6 Å². The van der Waals surface area contributed by atoms with Crippen LogP contribution in [0.15, 0.2) is 42.5 Å². The number of nitrogens with one attached hydrogen (secondary N) is 2. The van der Waals surface area contributed by atoms with Gasteiger partial charge < -0.3 is 14.8 Å². The summed E-state index contributed by atoms with van der Waals surface area (Å²) in [7, 11) is -0.327. The number of hydrogen-bond donors (Lipinski definition) is 2. The van der Waals surface area contributed by atoms with Gasteiger partial charge in [-0.05, 0) is 29.8 Å². The quantitative estimate of drug-likeness (QED) is 0.784. The van der Waals surface area contributed by atoms with Gasteiger partial charge in [0.05, 0.1) is 20.5 Å². The minimum Gasteiger partial charge on any atom is -0.497 e. The molecule has 0 saturated carbocycles. The molecule has 0 saturated heterocycles. The number of hydrogen-bond acceptors (Lipinski definition) is 5. The summed E-state index contributed by atoms with van der Waals surface area (Å²) in [5, 5.41) is 2.78. The Hall–Kier alpha value is -2.74. The van der Waals surface area contributed by atoms with Gasteiger partial charge in [0, 0.05) is 23.9 Å². The third-order valence-electron chi connectivity index (χ3n) is 3.30. The highest BCUT2D eigenvalue weighted by atomic mass is 32.2. The summed E-state index contributed by atoms with van der Waals surface area (Å²) in [6.07, 6.45) is 1.08. The minimum absolute atomic E-state index is 0.248. The van der Waals surface area contributed by atoms with Crippen molar-refractivity contribution in [1.82, 2.24) is 5.32 Å². The van der Waals surface area contributed by atoms with Crippen LogP contribution >= 0.6 is 0 Å². The van der Waals surface area contributed by atoms with Gasteiger partial charge in [0.2, 0.25) is 10.0 Å². The molecule has 0 unspecified atom stereocenters. The second-order valence-corrected chi connectivity index (χ2v) is 7.11. The van der Waals surface area contributed by atoms with Gasteiger partial charge >= 0.3 is 0 Å². The molecule has 0 bridgehead atoms. The first kappa shape index (κ1) is 18.6. The second kappa shape index (κ2) is 7.89. The summed E-state index contributed by atoms with van der Waals surface area (Å²) in [4.78, 5) is 12.3. The molecule has 0 fully saturated rings. The van der Waals surface area contributed by atoms with Crippen molar-refractivity contribution in [2.24, 2.45) is 0 Å². The molecule has 2 N–H and O–H groups in total. The Morgan fingerprint density at radius 3 is 2.24 bits per heavy atom. The average molecular weight is 364 g/mol. The van der Waals surface area contributed by atoms with E-state index < -0.39 is 10.0 Å². The maximum absolute atomic E-state index is 12.3. The van der Waals surface area contributed by atoms with Crippen LogP contribution in [0.2, 0.25) is 0 Å². The number of carbonyl (C=O) groups is 1. The largest absolute Gasteiger partial charge is 0.497 e. The highest BCUT2D eigenvalue weighted by Gasteiger charge is 2.10. The van der Waals surface area contributed by atoms with Crippen molar-refractivity contribution in [2.45, 2.75) is 6.54 Å². The van der Waals surface area contributed by atoms with Crippen molar-refractivity contribution in [3.63, 3.8) is 0 Å². The van der Waals surface area contributed by atoms with Crippen LogP contribution in [-0.2, 0) is 16.6 Å². The normalized spacial score (nSPS) is 10.8. The zero-order valence-electron chi connectivity index (χ0n) is 14.2. The van der Waals surface area contributed by atoms with Crippen LogP contribution in [0.25, 0.3) is 0 Å².